The molecule has 0 radical (unpaired) electrons. The van der Waals surface area contributed by atoms with E-state index in [-0.39, 0.29) is 58.4 Å². The Morgan fingerprint density at radius 3 is 2.57 bits per heavy atom. The molecule has 10 nitrogen and oxygen atoms in total. The number of amides is 3. The third-order valence-corrected chi connectivity index (χ3v) is 5.95. The van der Waals surface area contributed by atoms with E-state index in [1.54, 1.807) is 6.07 Å². The van der Waals surface area contributed by atoms with E-state index in [0.29, 0.717) is 0 Å². The van der Waals surface area contributed by atoms with Crippen molar-refractivity contribution in [2.45, 2.75) is 32.0 Å². The Balaban J connectivity index is 1.51. The third kappa shape index (κ3) is 5.09. The minimum Gasteiger partial charge on any atom is -0.478 e. The molecule has 1 aromatic heterocycles. The summed E-state index contributed by atoms with van der Waals surface area (Å²) in [5, 5.41) is 16.1. The van der Waals surface area contributed by atoms with E-state index in [9.17, 15) is 28.7 Å². The number of primary amides is 1. The molecule has 2 aromatic carbocycles. The number of nitrogens with zero attached hydrogens (tertiary/aromatic N) is 3. The normalized spacial score (nSPS) is 13.0. The van der Waals surface area contributed by atoms with Crippen LogP contribution in [0.3, 0.4) is 0 Å². The second-order valence-corrected chi connectivity index (χ2v) is 8.53. The van der Waals surface area contributed by atoms with Gasteiger partial charge in [-0.1, -0.05) is 29.8 Å². The van der Waals surface area contributed by atoms with E-state index >= 15 is 0 Å². The minimum absolute atomic E-state index is 0.0413. The molecular formula is C23H21ClFN5O5. The average molecular weight is 502 g/mol. The van der Waals surface area contributed by atoms with Gasteiger partial charge in [-0.05, 0) is 31.0 Å². The number of hydrogen-bond donors (Lipinski definition) is 3. The highest BCUT2D eigenvalue weighted by atomic mass is 35.5. The molecule has 182 valence electrons. The third-order valence-electron chi connectivity index (χ3n) is 5.66. The number of nitrogens with two attached hydrogens (primary N) is 1. The van der Waals surface area contributed by atoms with Gasteiger partial charge in [0.05, 0.1) is 22.6 Å². The van der Waals surface area contributed by atoms with Crippen molar-refractivity contribution in [1.29, 1.82) is 0 Å². The van der Waals surface area contributed by atoms with E-state index < -0.39 is 29.5 Å². The summed E-state index contributed by atoms with van der Waals surface area (Å²) in [4.78, 5) is 50.5. The standard InChI is InChI=1S/C23H21ClFN5O5/c24-15-5-1-3-12(20(15)25)9-27-17(31)10-29(13-7-8-13)18(32)11-30-16-6-2-4-14(23(34)35)19(16)21(28-30)22(26)33/h1-6,13H,7-11H2,(H2,26,33)(H,27,31)(H,34,35). The fraction of sp³-hybridized carbons (Fsp3) is 0.261. The largest absolute Gasteiger partial charge is 0.478 e. The van der Waals surface area contributed by atoms with E-state index in [0.717, 1.165) is 12.8 Å². The lowest BCUT2D eigenvalue weighted by molar-refractivity contribution is -0.137. The first-order valence-electron chi connectivity index (χ1n) is 10.7. The number of carbonyl (C=O) groups excluding carboxylic acids is 3. The topological polar surface area (TPSA) is 148 Å². The van der Waals surface area contributed by atoms with Crippen LogP contribution in [0.4, 0.5) is 4.39 Å². The molecule has 1 aliphatic carbocycles. The minimum atomic E-state index is -1.27. The summed E-state index contributed by atoms with van der Waals surface area (Å²) in [6.07, 6.45) is 1.44. The van der Waals surface area contributed by atoms with Crippen molar-refractivity contribution in [3.05, 3.63) is 64.1 Å². The fourth-order valence-electron chi connectivity index (χ4n) is 3.82. The summed E-state index contributed by atoms with van der Waals surface area (Å²) in [7, 11) is 0. The van der Waals surface area contributed by atoms with Gasteiger partial charge in [-0.3, -0.25) is 19.1 Å². The van der Waals surface area contributed by atoms with E-state index in [4.69, 9.17) is 17.3 Å². The molecule has 0 unspecified atom stereocenters. The van der Waals surface area contributed by atoms with Gasteiger partial charge in [0.15, 0.2) is 5.69 Å². The summed E-state index contributed by atoms with van der Waals surface area (Å²) in [6.45, 7) is -0.685. The Morgan fingerprint density at radius 1 is 1.20 bits per heavy atom. The van der Waals surface area contributed by atoms with Crippen molar-refractivity contribution < 1.29 is 28.7 Å². The molecule has 3 aromatic rings. The maximum absolute atomic E-state index is 14.1. The first kappa shape index (κ1) is 24.1. The van der Waals surface area contributed by atoms with Crippen LogP contribution in [0.1, 0.15) is 39.3 Å². The van der Waals surface area contributed by atoms with Crippen LogP contribution in [-0.4, -0.2) is 56.1 Å². The Bertz CT molecular complexity index is 1350. The summed E-state index contributed by atoms with van der Waals surface area (Å²) in [5.41, 5.74) is 5.43. The second kappa shape index (κ2) is 9.71. The highest BCUT2D eigenvalue weighted by Gasteiger charge is 2.34. The molecule has 3 amide bonds. The quantitative estimate of drug-likeness (QED) is 0.408. The first-order chi connectivity index (χ1) is 16.7. The maximum atomic E-state index is 14.1. The van der Waals surface area contributed by atoms with Crippen molar-refractivity contribution in [2.24, 2.45) is 5.73 Å². The predicted molar refractivity (Wildman–Crippen MR) is 123 cm³/mol. The molecule has 4 N–H and O–H groups in total. The summed E-state index contributed by atoms with van der Waals surface area (Å²) in [5.74, 6) is -3.75. The smallest absolute Gasteiger partial charge is 0.336 e. The van der Waals surface area contributed by atoms with E-state index in [1.165, 1.54) is 39.9 Å². The number of hydrogen-bond acceptors (Lipinski definition) is 5. The van der Waals surface area contributed by atoms with E-state index in [2.05, 4.69) is 10.4 Å². The number of carboxylic acids is 1. The van der Waals surface area contributed by atoms with Gasteiger partial charge in [0.25, 0.3) is 5.91 Å². The molecular weight excluding hydrogens is 481 g/mol. The van der Waals surface area contributed by atoms with Crippen molar-refractivity contribution in [1.82, 2.24) is 20.0 Å². The van der Waals surface area contributed by atoms with Crippen molar-refractivity contribution in [3.63, 3.8) is 0 Å². The van der Waals surface area contributed by atoms with Crippen molar-refractivity contribution in [2.75, 3.05) is 6.54 Å². The zero-order chi connectivity index (χ0) is 25.3. The number of carboxylic acid groups (broad SMARTS) is 1. The highest BCUT2D eigenvalue weighted by Crippen LogP contribution is 2.28. The molecule has 0 saturated heterocycles. The number of aromatic carboxylic acids is 1. The number of aromatic nitrogens is 2. The molecule has 0 aliphatic heterocycles. The summed E-state index contributed by atoms with van der Waals surface area (Å²) in [6, 6.07) is 8.64. The first-order valence-corrected chi connectivity index (χ1v) is 11.1. The molecule has 1 fully saturated rings. The van der Waals surface area contributed by atoms with Crippen LogP contribution in [0, 0.1) is 5.82 Å². The summed E-state index contributed by atoms with van der Waals surface area (Å²) < 4.78 is 15.3. The number of fused-ring (bicyclic) bond motifs is 1. The van der Waals surface area contributed by atoms with Crippen molar-refractivity contribution >= 4 is 46.2 Å². The van der Waals surface area contributed by atoms with Crippen LogP contribution in [0.15, 0.2) is 36.4 Å². The molecule has 12 heteroatoms. The molecule has 0 spiro atoms. The Morgan fingerprint density at radius 2 is 1.91 bits per heavy atom. The van der Waals surface area contributed by atoms with Gasteiger partial charge in [-0.25, -0.2) is 9.18 Å². The average Bonchev–Trinajstić information content (AvgIpc) is 3.59. The van der Waals surface area contributed by atoms with Crippen LogP contribution in [0.5, 0.6) is 0 Å². The zero-order valence-corrected chi connectivity index (χ0v) is 19.1. The lowest BCUT2D eigenvalue weighted by atomic mass is 10.1. The lowest BCUT2D eigenvalue weighted by Crippen LogP contribution is -2.43. The lowest BCUT2D eigenvalue weighted by Gasteiger charge is -2.22. The number of halogens is 2. The molecule has 1 aliphatic rings. The number of benzene rings is 2. The maximum Gasteiger partial charge on any atom is 0.336 e. The number of carbonyl (C=O) groups is 4. The fourth-order valence-corrected chi connectivity index (χ4v) is 4.01. The monoisotopic (exact) mass is 501 g/mol. The van der Waals surface area contributed by atoms with Crippen LogP contribution < -0.4 is 11.1 Å². The Labute approximate surface area is 203 Å². The van der Waals surface area contributed by atoms with Crippen LogP contribution in [0.25, 0.3) is 10.9 Å². The SMILES string of the molecule is NC(=O)c1nn(CC(=O)N(CC(=O)NCc2cccc(Cl)c2F)C2CC2)c2cccc(C(=O)O)c12. The van der Waals surface area contributed by atoms with Crippen LogP contribution >= 0.6 is 11.6 Å². The predicted octanol–water partition coefficient (Wildman–Crippen LogP) is 1.93. The number of rotatable bonds is 9. The summed E-state index contributed by atoms with van der Waals surface area (Å²) >= 11 is 5.76. The molecule has 35 heavy (non-hydrogen) atoms. The van der Waals surface area contributed by atoms with Gasteiger partial charge in [0.1, 0.15) is 12.4 Å². The molecule has 0 bridgehead atoms. The van der Waals surface area contributed by atoms with Crippen LogP contribution in [0.2, 0.25) is 5.02 Å². The Hall–Kier alpha value is -3.99. The second-order valence-electron chi connectivity index (χ2n) is 8.12. The van der Waals surface area contributed by atoms with Crippen molar-refractivity contribution in [3.8, 4) is 0 Å². The van der Waals surface area contributed by atoms with E-state index in [1.807, 2.05) is 0 Å². The van der Waals surface area contributed by atoms with Crippen LogP contribution in [-0.2, 0) is 22.7 Å². The molecule has 1 heterocycles. The zero-order valence-electron chi connectivity index (χ0n) is 18.3. The molecule has 1 saturated carbocycles. The highest BCUT2D eigenvalue weighted by molar-refractivity contribution is 6.30. The molecule has 4 rings (SSSR count). The molecule has 0 atom stereocenters. The van der Waals surface area contributed by atoms with Gasteiger partial charge >= 0.3 is 5.97 Å². The number of nitrogens with one attached hydrogen (secondary N) is 1. The van der Waals surface area contributed by atoms with Gasteiger partial charge in [-0.2, -0.15) is 5.10 Å². The Kier molecular flexibility index (Phi) is 6.70. The van der Waals surface area contributed by atoms with Gasteiger partial charge in [0.2, 0.25) is 11.8 Å². The van der Waals surface area contributed by atoms with Gasteiger partial charge < -0.3 is 21.1 Å². The van der Waals surface area contributed by atoms with Gasteiger partial charge in [0, 0.05) is 23.5 Å². The van der Waals surface area contributed by atoms with Gasteiger partial charge in [-0.15, -0.1) is 0 Å².